The van der Waals surface area contributed by atoms with Gasteiger partial charge in [0.25, 0.3) is 0 Å². The summed E-state index contributed by atoms with van der Waals surface area (Å²) in [6, 6.07) is 6.85. The van der Waals surface area contributed by atoms with Crippen LogP contribution in [-0.4, -0.2) is 44.8 Å². The zero-order chi connectivity index (χ0) is 14.2. The lowest BCUT2D eigenvalue weighted by atomic mass is 9.96. The van der Waals surface area contributed by atoms with E-state index >= 15 is 0 Å². The average Bonchev–Trinajstić information content (AvgIpc) is 2.48. The highest BCUT2D eigenvalue weighted by Gasteiger charge is 2.18. The van der Waals surface area contributed by atoms with Gasteiger partial charge in [-0.15, -0.1) is 0 Å². The first-order chi connectivity index (χ1) is 9.78. The third-order valence-corrected chi connectivity index (χ3v) is 3.94. The van der Waals surface area contributed by atoms with Crippen LogP contribution in [0, 0.1) is 11.7 Å². The Morgan fingerprint density at radius 2 is 1.95 bits per heavy atom. The maximum absolute atomic E-state index is 12.9. The van der Waals surface area contributed by atoms with Crippen molar-refractivity contribution in [2.75, 3.05) is 39.9 Å². The van der Waals surface area contributed by atoms with Crippen LogP contribution in [0.4, 0.5) is 4.39 Å². The summed E-state index contributed by atoms with van der Waals surface area (Å²) in [5, 5.41) is 3.44. The zero-order valence-electron chi connectivity index (χ0n) is 12.3. The number of piperidine rings is 1. The molecule has 0 aromatic heterocycles. The first-order valence-corrected chi connectivity index (χ1v) is 7.44. The van der Waals surface area contributed by atoms with E-state index in [2.05, 4.69) is 10.2 Å². The van der Waals surface area contributed by atoms with Gasteiger partial charge in [0.2, 0.25) is 0 Å². The molecule has 2 rings (SSSR count). The Bertz CT molecular complexity index is 375. The minimum atomic E-state index is -0.158. The van der Waals surface area contributed by atoms with Crippen LogP contribution in [0.2, 0.25) is 0 Å². The van der Waals surface area contributed by atoms with Crippen molar-refractivity contribution in [3.63, 3.8) is 0 Å². The van der Waals surface area contributed by atoms with Gasteiger partial charge in [-0.2, -0.15) is 0 Å². The molecule has 0 radical (unpaired) electrons. The number of benzene rings is 1. The maximum Gasteiger partial charge on any atom is 0.123 e. The monoisotopic (exact) mass is 280 g/mol. The Balaban J connectivity index is 1.65. The minimum absolute atomic E-state index is 0.158. The standard InChI is InChI=1S/C16H25FN2O/c1-20-11-8-18-12-14-6-9-19(10-7-14)13-15-2-4-16(17)5-3-15/h2-5,14,18H,6-13H2,1H3. The second kappa shape index (κ2) is 8.35. The molecule has 1 aliphatic heterocycles. The summed E-state index contributed by atoms with van der Waals surface area (Å²) in [5.74, 6) is 0.617. The lowest BCUT2D eigenvalue weighted by Gasteiger charge is -2.32. The highest BCUT2D eigenvalue weighted by Crippen LogP contribution is 2.18. The summed E-state index contributed by atoms with van der Waals surface area (Å²) in [7, 11) is 1.73. The molecule has 1 aromatic carbocycles. The predicted octanol–water partition coefficient (Wildman–Crippen LogP) is 2.27. The molecule has 0 aliphatic carbocycles. The summed E-state index contributed by atoms with van der Waals surface area (Å²) in [5.41, 5.74) is 1.20. The Kier molecular flexibility index (Phi) is 6.43. The van der Waals surface area contributed by atoms with E-state index in [4.69, 9.17) is 4.74 Å². The van der Waals surface area contributed by atoms with Gasteiger partial charge < -0.3 is 10.1 Å². The summed E-state index contributed by atoms with van der Waals surface area (Å²) in [6.07, 6.45) is 2.47. The Hall–Kier alpha value is -0.970. The lowest BCUT2D eigenvalue weighted by Crippen LogP contribution is -2.37. The first-order valence-electron chi connectivity index (χ1n) is 7.44. The van der Waals surface area contributed by atoms with Crippen LogP contribution in [0.15, 0.2) is 24.3 Å². The van der Waals surface area contributed by atoms with E-state index < -0.39 is 0 Å². The van der Waals surface area contributed by atoms with Crippen molar-refractivity contribution >= 4 is 0 Å². The molecule has 1 saturated heterocycles. The molecule has 0 unspecified atom stereocenters. The van der Waals surface area contributed by atoms with Crippen molar-refractivity contribution in [1.82, 2.24) is 10.2 Å². The van der Waals surface area contributed by atoms with Crippen molar-refractivity contribution < 1.29 is 9.13 Å². The maximum atomic E-state index is 12.9. The van der Waals surface area contributed by atoms with Gasteiger partial charge >= 0.3 is 0 Å². The van der Waals surface area contributed by atoms with Crippen molar-refractivity contribution in [3.8, 4) is 0 Å². The van der Waals surface area contributed by atoms with Crippen LogP contribution in [-0.2, 0) is 11.3 Å². The molecule has 3 nitrogen and oxygen atoms in total. The normalized spacial score (nSPS) is 17.5. The largest absolute Gasteiger partial charge is 0.383 e. The topological polar surface area (TPSA) is 24.5 Å². The third kappa shape index (κ3) is 5.19. The van der Waals surface area contributed by atoms with Crippen molar-refractivity contribution in [2.45, 2.75) is 19.4 Å². The number of nitrogens with one attached hydrogen (secondary N) is 1. The number of ether oxygens (including phenoxy) is 1. The minimum Gasteiger partial charge on any atom is -0.383 e. The molecule has 4 heteroatoms. The van der Waals surface area contributed by atoms with Gasteiger partial charge in [-0.05, 0) is 56.1 Å². The molecular formula is C16H25FN2O. The second-order valence-electron chi connectivity index (χ2n) is 5.54. The van der Waals surface area contributed by atoms with Gasteiger partial charge in [0.15, 0.2) is 0 Å². The Morgan fingerprint density at radius 1 is 1.25 bits per heavy atom. The molecule has 0 spiro atoms. The Morgan fingerprint density at radius 3 is 2.60 bits per heavy atom. The molecule has 1 heterocycles. The van der Waals surface area contributed by atoms with Crippen LogP contribution in [0.1, 0.15) is 18.4 Å². The van der Waals surface area contributed by atoms with Crippen molar-refractivity contribution in [2.24, 2.45) is 5.92 Å². The molecule has 0 bridgehead atoms. The lowest BCUT2D eigenvalue weighted by molar-refractivity contribution is 0.168. The van der Waals surface area contributed by atoms with Gasteiger partial charge in [-0.3, -0.25) is 4.90 Å². The quantitative estimate of drug-likeness (QED) is 0.776. The van der Waals surface area contributed by atoms with Crippen LogP contribution in [0.3, 0.4) is 0 Å². The summed E-state index contributed by atoms with van der Waals surface area (Å²) in [4.78, 5) is 2.46. The van der Waals surface area contributed by atoms with Crippen LogP contribution in [0.25, 0.3) is 0 Å². The number of hydrogen-bond acceptors (Lipinski definition) is 3. The third-order valence-electron chi connectivity index (χ3n) is 3.94. The molecular weight excluding hydrogens is 255 g/mol. The fraction of sp³-hybridized carbons (Fsp3) is 0.625. The zero-order valence-corrected chi connectivity index (χ0v) is 12.3. The van der Waals surface area contributed by atoms with Crippen LogP contribution >= 0.6 is 0 Å². The van der Waals surface area contributed by atoms with E-state index in [0.717, 1.165) is 45.2 Å². The van der Waals surface area contributed by atoms with Gasteiger partial charge in [0.05, 0.1) is 6.61 Å². The smallest absolute Gasteiger partial charge is 0.123 e. The van der Waals surface area contributed by atoms with E-state index in [1.807, 2.05) is 12.1 Å². The van der Waals surface area contributed by atoms with E-state index in [1.165, 1.54) is 18.4 Å². The van der Waals surface area contributed by atoms with Gasteiger partial charge in [0, 0.05) is 20.2 Å². The number of likely N-dealkylation sites (tertiary alicyclic amines) is 1. The fourth-order valence-electron chi connectivity index (χ4n) is 2.68. The summed E-state index contributed by atoms with van der Waals surface area (Å²) in [6.45, 7) is 6.01. The van der Waals surface area contributed by atoms with Gasteiger partial charge in [0.1, 0.15) is 5.82 Å². The highest BCUT2D eigenvalue weighted by molar-refractivity contribution is 5.15. The molecule has 1 fully saturated rings. The number of hydrogen-bond donors (Lipinski definition) is 1. The predicted molar refractivity (Wildman–Crippen MR) is 79.1 cm³/mol. The van der Waals surface area contributed by atoms with Gasteiger partial charge in [-0.1, -0.05) is 12.1 Å². The second-order valence-corrected chi connectivity index (χ2v) is 5.54. The van der Waals surface area contributed by atoms with E-state index in [1.54, 1.807) is 19.2 Å². The molecule has 1 N–H and O–H groups in total. The van der Waals surface area contributed by atoms with Crippen LogP contribution < -0.4 is 5.32 Å². The number of rotatable bonds is 7. The van der Waals surface area contributed by atoms with Gasteiger partial charge in [-0.25, -0.2) is 4.39 Å². The summed E-state index contributed by atoms with van der Waals surface area (Å²) >= 11 is 0. The molecule has 20 heavy (non-hydrogen) atoms. The van der Waals surface area contributed by atoms with Crippen LogP contribution in [0.5, 0.6) is 0 Å². The van der Waals surface area contributed by atoms with Crippen molar-refractivity contribution in [3.05, 3.63) is 35.6 Å². The van der Waals surface area contributed by atoms with E-state index in [0.29, 0.717) is 0 Å². The molecule has 0 saturated carbocycles. The fourth-order valence-corrected chi connectivity index (χ4v) is 2.68. The molecule has 0 atom stereocenters. The first kappa shape index (κ1) is 15.4. The molecule has 1 aliphatic rings. The Labute approximate surface area is 121 Å². The number of methoxy groups -OCH3 is 1. The number of halogens is 1. The molecule has 1 aromatic rings. The summed E-state index contributed by atoms with van der Waals surface area (Å²) < 4.78 is 17.9. The highest BCUT2D eigenvalue weighted by atomic mass is 19.1. The van der Waals surface area contributed by atoms with E-state index in [9.17, 15) is 4.39 Å². The number of nitrogens with zero attached hydrogens (tertiary/aromatic N) is 1. The molecule has 0 amide bonds. The SMILES string of the molecule is COCCNCC1CCN(Cc2ccc(F)cc2)CC1. The molecule has 112 valence electrons. The average molecular weight is 280 g/mol. The van der Waals surface area contributed by atoms with Crippen molar-refractivity contribution in [1.29, 1.82) is 0 Å². The van der Waals surface area contributed by atoms with E-state index in [-0.39, 0.29) is 5.82 Å².